The third-order valence-corrected chi connectivity index (χ3v) is 3.12. The number of esters is 1. The summed E-state index contributed by atoms with van der Waals surface area (Å²) < 4.78 is 9.95. The third kappa shape index (κ3) is 7.35. The smallest absolute Gasteiger partial charge is 0.408 e. The number of hydrogen-bond acceptors (Lipinski definition) is 5. The van der Waals surface area contributed by atoms with Crippen molar-refractivity contribution < 1.29 is 19.1 Å². The van der Waals surface area contributed by atoms with Crippen molar-refractivity contribution in [2.45, 2.75) is 52.7 Å². The van der Waals surface area contributed by atoms with E-state index in [1.165, 1.54) is 7.11 Å². The van der Waals surface area contributed by atoms with Gasteiger partial charge < -0.3 is 14.8 Å². The van der Waals surface area contributed by atoms with E-state index in [4.69, 9.17) is 9.47 Å². The van der Waals surface area contributed by atoms with Crippen LogP contribution in [0.2, 0.25) is 0 Å². The van der Waals surface area contributed by atoms with E-state index in [9.17, 15) is 9.59 Å². The summed E-state index contributed by atoms with van der Waals surface area (Å²) >= 11 is 0. The minimum absolute atomic E-state index is 0. The van der Waals surface area contributed by atoms with E-state index in [0.717, 1.165) is 16.5 Å². The number of methoxy groups -OCH3 is 1. The fraction of sp³-hybridized carbons (Fsp3) is 0.500. The van der Waals surface area contributed by atoms with E-state index in [-0.39, 0.29) is 13.5 Å². The van der Waals surface area contributed by atoms with Gasteiger partial charge in [-0.3, -0.25) is 5.10 Å². The van der Waals surface area contributed by atoms with Crippen molar-refractivity contribution in [3.05, 3.63) is 30.0 Å². The summed E-state index contributed by atoms with van der Waals surface area (Å²) in [6.45, 7) is 9.27. The maximum atomic E-state index is 11.9. The molecule has 0 aliphatic carbocycles. The maximum Gasteiger partial charge on any atom is 0.408 e. The highest BCUT2D eigenvalue weighted by Gasteiger charge is 2.25. The molecular weight excluding hydrogens is 354 g/mol. The van der Waals surface area contributed by atoms with Crippen molar-refractivity contribution in [3.63, 3.8) is 0 Å². The van der Waals surface area contributed by atoms with Crippen LogP contribution in [0.1, 0.15) is 40.2 Å². The minimum atomic E-state index is -0.820. The first-order valence-electron chi connectivity index (χ1n) is 8.28. The molecule has 0 aliphatic rings. The third-order valence-electron chi connectivity index (χ3n) is 3.12. The Hall–Kier alpha value is -2.22. The standard InChI is InChI=1S/C16H21N3O4.C2H6.H2S/c1-16(2,3)23-15(21)18-13(14(20)22-4)8-10-5-6-12-11(7-10)9-17-19-12;1-2;/h5-7,9,13H,8H2,1-4H3,(H,17,19)(H,18,21);1-2H3;1H2. The molecule has 1 amide bonds. The number of rotatable bonds is 4. The van der Waals surface area contributed by atoms with Crippen LogP contribution in [0.5, 0.6) is 0 Å². The molecule has 7 nitrogen and oxygen atoms in total. The number of carbonyl (C=O) groups is 2. The molecular formula is C18H29N3O4S. The van der Waals surface area contributed by atoms with Gasteiger partial charge in [-0.15, -0.1) is 0 Å². The van der Waals surface area contributed by atoms with E-state index in [1.807, 2.05) is 32.0 Å². The van der Waals surface area contributed by atoms with Crippen molar-refractivity contribution in [2.24, 2.45) is 0 Å². The number of nitrogens with one attached hydrogen (secondary N) is 2. The zero-order chi connectivity index (χ0) is 19.0. The zero-order valence-electron chi connectivity index (χ0n) is 16.2. The number of H-pyrrole nitrogens is 1. The van der Waals surface area contributed by atoms with Crippen molar-refractivity contribution in [2.75, 3.05) is 7.11 Å². The molecule has 0 aliphatic heterocycles. The monoisotopic (exact) mass is 383 g/mol. The van der Waals surface area contributed by atoms with Gasteiger partial charge in [-0.1, -0.05) is 19.9 Å². The predicted molar refractivity (Wildman–Crippen MR) is 107 cm³/mol. The molecule has 0 bridgehead atoms. The number of ether oxygens (including phenoxy) is 2. The minimum Gasteiger partial charge on any atom is -0.467 e. The Bertz CT molecular complexity index is 710. The molecule has 2 N–H and O–H groups in total. The van der Waals surface area contributed by atoms with Crippen LogP contribution in [0.25, 0.3) is 10.9 Å². The molecule has 1 aromatic heterocycles. The van der Waals surface area contributed by atoms with E-state index < -0.39 is 23.7 Å². The van der Waals surface area contributed by atoms with Gasteiger partial charge in [-0.25, -0.2) is 9.59 Å². The summed E-state index contributed by atoms with van der Waals surface area (Å²) in [7, 11) is 1.28. The highest BCUT2D eigenvalue weighted by atomic mass is 32.1. The van der Waals surface area contributed by atoms with Crippen molar-refractivity contribution in [3.8, 4) is 0 Å². The number of fused-ring (bicyclic) bond motifs is 1. The summed E-state index contributed by atoms with van der Waals surface area (Å²) in [5.74, 6) is -0.525. The largest absolute Gasteiger partial charge is 0.467 e. The summed E-state index contributed by atoms with van der Waals surface area (Å²) in [5.41, 5.74) is 1.15. The lowest BCUT2D eigenvalue weighted by Gasteiger charge is -2.22. The van der Waals surface area contributed by atoms with E-state index in [0.29, 0.717) is 6.42 Å². The first kappa shape index (κ1) is 23.8. The number of nitrogens with zero attached hydrogens (tertiary/aromatic N) is 1. The molecule has 1 heterocycles. The summed E-state index contributed by atoms with van der Waals surface area (Å²) in [5, 5.41) is 10.3. The van der Waals surface area contributed by atoms with Crippen molar-refractivity contribution in [1.29, 1.82) is 0 Å². The molecule has 26 heavy (non-hydrogen) atoms. The van der Waals surface area contributed by atoms with Crippen LogP contribution in [-0.2, 0) is 20.7 Å². The molecule has 146 valence electrons. The SMILES string of the molecule is CC.COC(=O)C(Cc1ccc2[nH]ncc2c1)NC(=O)OC(C)(C)C.S. The average Bonchev–Trinajstić information content (AvgIpc) is 3.01. The van der Waals surface area contributed by atoms with Crippen LogP contribution < -0.4 is 5.32 Å². The zero-order valence-corrected chi connectivity index (χ0v) is 17.2. The number of hydrogen-bond donors (Lipinski definition) is 2. The molecule has 0 saturated heterocycles. The van der Waals surface area contributed by atoms with Gasteiger partial charge in [0.05, 0.1) is 18.8 Å². The van der Waals surface area contributed by atoms with Gasteiger partial charge in [0, 0.05) is 11.8 Å². The van der Waals surface area contributed by atoms with Crippen molar-refractivity contribution >= 4 is 36.5 Å². The summed E-state index contributed by atoms with van der Waals surface area (Å²) in [6.07, 6.45) is 1.35. The first-order chi connectivity index (χ1) is 11.8. The fourth-order valence-corrected chi connectivity index (χ4v) is 2.14. The van der Waals surface area contributed by atoms with Gasteiger partial charge in [0.2, 0.25) is 0 Å². The number of aromatic amines is 1. The molecule has 0 fully saturated rings. The Morgan fingerprint density at radius 3 is 2.50 bits per heavy atom. The Morgan fingerprint density at radius 1 is 1.27 bits per heavy atom. The van der Waals surface area contributed by atoms with Crippen LogP contribution in [-0.4, -0.2) is 41.0 Å². The quantitative estimate of drug-likeness (QED) is 0.790. The van der Waals surface area contributed by atoms with Gasteiger partial charge in [0.1, 0.15) is 11.6 Å². The number of aromatic nitrogens is 2. The topological polar surface area (TPSA) is 93.3 Å². The predicted octanol–water partition coefficient (Wildman–Crippen LogP) is 3.31. The van der Waals surface area contributed by atoms with E-state index in [1.54, 1.807) is 27.0 Å². The van der Waals surface area contributed by atoms with Crippen LogP contribution >= 0.6 is 13.5 Å². The second kappa shape index (κ2) is 10.7. The van der Waals surface area contributed by atoms with Gasteiger partial charge in [0.25, 0.3) is 0 Å². The molecule has 0 radical (unpaired) electrons. The Kier molecular flexibility index (Phi) is 9.79. The van der Waals surface area contributed by atoms with Crippen LogP contribution in [0.15, 0.2) is 24.4 Å². The lowest BCUT2D eigenvalue weighted by Crippen LogP contribution is -2.45. The molecule has 1 unspecified atom stereocenters. The van der Waals surface area contributed by atoms with Gasteiger partial charge in [0.15, 0.2) is 0 Å². The number of alkyl carbamates (subject to hydrolysis) is 1. The van der Waals surface area contributed by atoms with E-state index in [2.05, 4.69) is 15.5 Å². The lowest BCUT2D eigenvalue weighted by molar-refractivity contribution is -0.143. The number of benzene rings is 1. The van der Waals surface area contributed by atoms with Crippen molar-refractivity contribution in [1.82, 2.24) is 15.5 Å². The van der Waals surface area contributed by atoms with Gasteiger partial charge >= 0.3 is 12.1 Å². The highest BCUT2D eigenvalue weighted by molar-refractivity contribution is 7.59. The first-order valence-corrected chi connectivity index (χ1v) is 8.28. The van der Waals surface area contributed by atoms with Crippen LogP contribution in [0.4, 0.5) is 4.79 Å². The second-order valence-corrected chi connectivity index (χ2v) is 6.22. The van der Waals surface area contributed by atoms with Crippen LogP contribution in [0, 0.1) is 0 Å². The molecule has 1 aromatic carbocycles. The second-order valence-electron chi connectivity index (χ2n) is 6.22. The number of carbonyl (C=O) groups excluding carboxylic acids is 2. The summed E-state index contributed by atoms with van der Waals surface area (Å²) in [4.78, 5) is 23.8. The fourth-order valence-electron chi connectivity index (χ4n) is 2.14. The molecule has 2 aromatic rings. The lowest BCUT2D eigenvalue weighted by atomic mass is 10.0. The van der Waals surface area contributed by atoms with E-state index >= 15 is 0 Å². The Morgan fingerprint density at radius 2 is 1.92 bits per heavy atom. The van der Waals surface area contributed by atoms with Gasteiger partial charge in [-0.05, 0) is 38.5 Å². The van der Waals surface area contributed by atoms with Crippen LogP contribution in [0.3, 0.4) is 0 Å². The number of amides is 1. The summed E-state index contributed by atoms with van der Waals surface area (Å²) in [6, 6.07) is 4.83. The Balaban J connectivity index is 0.00000201. The maximum absolute atomic E-state index is 11.9. The highest BCUT2D eigenvalue weighted by Crippen LogP contribution is 2.15. The molecule has 8 heteroatoms. The normalized spacial score (nSPS) is 11.5. The Labute approximate surface area is 161 Å². The average molecular weight is 384 g/mol. The molecule has 2 rings (SSSR count). The van der Waals surface area contributed by atoms with Gasteiger partial charge in [-0.2, -0.15) is 18.6 Å². The molecule has 0 saturated carbocycles. The molecule has 1 atom stereocenters. The molecule has 0 spiro atoms.